The Balaban J connectivity index is 2.29. The minimum Gasteiger partial charge on any atom is -0.381 e. The Morgan fingerprint density at radius 3 is 2.63 bits per heavy atom. The molecule has 0 saturated heterocycles. The monoisotopic (exact) mass is 282 g/mol. The van der Waals surface area contributed by atoms with Gasteiger partial charge in [-0.25, -0.2) is 13.0 Å². The highest BCUT2D eigenvalue weighted by Crippen LogP contribution is 2.24. The normalized spacial score (nSPS) is 11.6. The summed E-state index contributed by atoms with van der Waals surface area (Å²) in [6.45, 7) is 2.40. The molecule has 0 fully saturated rings. The molecule has 0 bridgehead atoms. The summed E-state index contributed by atoms with van der Waals surface area (Å²) in [6, 6.07) is 8.92. The molecule has 1 aromatic heterocycles. The zero-order valence-corrected chi connectivity index (χ0v) is 11.3. The van der Waals surface area contributed by atoms with Crippen LogP contribution in [0.1, 0.15) is 6.92 Å². The Bertz CT molecular complexity index is 622. The Labute approximate surface area is 111 Å². The molecule has 0 amide bonds. The first-order valence-corrected chi connectivity index (χ1v) is 7.49. The van der Waals surface area contributed by atoms with Crippen LogP contribution in [0.5, 0.6) is 0 Å². The average Bonchev–Trinajstić information content (AvgIpc) is 2.90. The molecule has 0 N–H and O–H groups in total. The Morgan fingerprint density at radius 2 is 1.95 bits per heavy atom. The van der Waals surface area contributed by atoms with Gasteiger partial charge in [-0.2, -0.15) is 0 Å². The lowest BCUT2D eigenvalue weighted by molar-refractivity contribution is 0.163. The SMILES string of the molecule is CCOCCS(=O)(=O)c1nonc1-c1ccccc1. The third-order valence-electron chi connectivity index (χ3n) is 2.50. The van der Waals surface area contributed by atoms with Crippen LogP contribution in [-0.4, -0.2) is 37.7 Å². The summed E-state index contributed by atoms with van der Waals surface area (Å²) < 4.78 is 33.9. The van der Waals surface area contributed by atoms with E-state index in [2.05, 4.69) is 14.9 Å². The second kappa shape index (κ2) is 5.94. The number of hydrogen-bond acceptors (Lipinski definition) is 6. The van der Waals surface area contributed by atoms with E-state index in [-0.39, 0.29) is 23.1 Å². The van der Waals surface area contributed by atoms with Crippen LogP contribution in [-0.2, 0) is 14.6 Å². The summed E-state index contributed by atoms with van der Waals surface area (Å²) in [4.78, 5) is 0. The van der Waals surface area contributed by atoms with Gasteiger partial charge in [-0.15, -0.1) is 0 Å². The Morgan fingerprint density at radius 1 is 1.21 bits per heavy atom. The zero-order valence-electron chi connectivity index (χ0n) is 10.4. The van der Waals surface area contributed by atoms with Crippen molar-refractivity contribution >= 4 is 9.84 Å². The second-order valence-corrected chi connectivity index (χ2v) is 5.82. The van der Waals surface area contributed by atoms with Gasteiger partial charge >= 0.3 is 0 Å². The summed E-state index contributed by atoms with van der Waals surface area (Å²) in [7, 11) is -3.56. The fraction of sp³-hybridized carbons (Fsp3) is 0.333. The van der Waals surface area contributed by atoms with Crippen molar-refractivity contribution in [2.45, 2.75) is 11.9 Å². The van der Waals surface area contributed by atoms with E-state index < -0.39 is 9.84 Å². The number of benzene rings is 1. The van der Waals surface area contributed by atoms with E-state index in [0.717, 1.165) is 0 Å². The highest BCUT2D eigenvalue weighted by molar-refractivity contribution is 7.91. The molecule has 102 valence electrons. The van der Waals surface area contributed by atoms with Gasteiger partial charge in [-0.3, -0.25) is 0 Å². The molecule has 0 spiro atoms. The van der Waals surface area contributed by atoms with Gasteiger partial charge < -0.3 is 4.74 Å². The maximum Gasteiger partial charge on any atom is 0.227 e. The van der Waals surface area contributed by atoms with Crippen LogP contribution in [0, 0.1) is 0 Å². The molecule has 0 aliphatic carbocycles. The van der Waals surface area contributed by atoms with Gasteiger partial charge in [-0.05, 0) is 17.2 Å². The van der Waals surface area contributed by atoms with Crippen LogP contribution in [0.25, 0.3) is 11.3 Å². The maximum atomic E-state index is 12.1. The molecule has 7 heteroatoms. The third kappa shape index (κ3) is 3.18. The highest BCUT2D eigenvalue weighted by Gasteiger charge is 2.25. The van der Waals surface area contributed by atoms with Crippen LogP contribution in [0.3, 0.4) is 0 Å². The fourth-order valence-corrected chi connectivity index (χ4v) is 2.69. The van der Waals surface area contributed by atoms with Gasteiger partial charge in [0.25, 0.3) is 0 Å². The van der Waals surface area contributed by atoms with Crippen LogP contribution in [0.15, 0.2) is 40.0 Å². The second-order valence-electron chi connectivity index (χ2n) is 3.80. The molecule has 1 heterocycles. The largest absolute Gasteiger partial charge is 0.381 e. The van der Waals surface area contributed by atoms with Crippen molar-refractivity contribution in [3.8, 4) is 11.3 Å². The summed E-state index contributed by atoms with van der Waals surface area (Å²) in [5.74, 6) is -0.144. The Kier molecular flexibility index (Phi) is 4.28. The average molecular weight is 282 g/mol. The Hall–Kier alpha value is -1.73. The number of aromatic nitrogens is 2. The first-order valence-electron chi connectivity index (χ1n) is 5.83. The highest BCUT2D eigenvalue weighted by atomic mass is 32.2. The minimum absolute atomic E-state index is 0.125. The maximum absolute atomic E-state index is 12.1. The molecule has 2 aromatic rings. The van der Waals surface area contributed by atoms with Crippen LogP contribution < -0.4 is 0 Å². The van der Waals surface area contributed by atoms with Gasteiger partial charge in [0.15, 0.2) is 5.69 Å². The number of sulfone groups is 1. The summed E-state index contributed by atoms with van der Waals surface area (Å²) in [6.07, 6.45) is 0. The molecular weight excluding hydrogens is 268 g/mol. The molecule has 19 heavy (non-hydrogen) atoms. The predicted octanol–water partition coefficient (Wildman–Crippen LogP) is 1.55. The van der Waals surface area contributed by atoms with Crippen LogP contribution in [0.4, 0.5) is 0 Å². The number of nitrogens with zero attached hydrogens (tertiary/aromatic N) is 2. The lowest BCUT2D eigenvalue weighted by Crippen LogP contribution is -2.13. The van der Waals surface area contributed by atoms with Gasteiger partial charge in [0.05, 0.1) is 12.4 Å². The molecule has 2 rings (SSSR count). The molecular formula is C12H14N2O4S. The molecule has 0 unspecified atom stereocenters. The van der Waals surface area contributed by atoms with Crippen molar-refractivity contribution in [2.24, 2.45) is 0 Å². The van der Waals surface area contributed by atoms with Gasteiger partial charge in [-0.1, -0.05) is 30.3 Å². The van der Waals surface area contributed by atoms with Gasteiger partial charge in [0.1, 0.15) is 0 Å². The van der Waals surface area contributed by atoms with E-state index in [1.54, 1.807) is 31.2 Å². The molecule has 0 aliphatic heterocycles. The molecule has 1 aromatic carbocycles. The van der Waals surface area contributed by atoms with Crippen molar-refractivity contribution in [1.82, 2.24) is 10.3 Å². The molecule has 0 radical (unpaired) electrons. The summed E-state index contributed by atoms with van der Waals surface area (Å²) in [5, 5.41) is 7.05. The van der Waals surface area contributed by atoms with Crippen molar-refractivity contribution < 1.29 is 17.8 Å². The quantitative estimate of drug-likeness (QED) is 0.747. The molecule has 6 nitrogen and oxygen atoms in total. The van der Waals surface area contributed by atoms with Crippen molar-refractivity contribution in [2.75, 3.05) is 19.0 Å². The number of hydrogen-bond donors (Lipinski definition) is 0. The first kappa shape index (κ1) is 13.7. The molecule has 0 aliphatic rings. The predicted molar refractivity (Wildman–Crippen MR) is 68.3 cm³/mol. The van der Waals surface area contributed by atoms with E-state index in [0.29, 0.717) is 12.2 Å². The van der Waals surface area contributed by atoms with Gasteiger partial charge in [0.2, 0.25) is 14.9 Å². The molecule has 0 saturated carbocycles. The van der Waals surface area contributed by atoms with Crippen molar-refractivity contribution in [1.29, 1.82) is 0 Å². The molecule has 0 atom stereocenters. The standard InChI is InChI=1S/C12H14N2O4S/c1-2-17-8-9-19(15,16)12-11(13-18-14-12)10-6-4-3-5-7-10/h3-7H,2,8-9H2,1H3. The van der Waals surface area contributed by atoms with Crippen LogP contribution >= 0.6 is 0 Å². The lowest BCUT2D eigenvalue weighted by atomic mass is 10.2. The number of rotatable bonds is 6. The third-order valence-corrected chi connectivity index (χ3v) is 4.06. The van der Waals surface area contributed by atoms with E-state index >= 15 is 0 Å². The van der Waals surface area contributed by atoms with E-state index in [4.69, 9.17) is 4.74 Å². The summed E-state index contributed by atoms with van der Waals surface area (Å²) >= 11 is 0. The van der Waals surface area contributed by atoms with Crippen LogP contribution in [0.2, 0.25) is 0 Å². The fourth-order valence-electron chi connectivity index (χ4n) is 1.57. The summed E-state index contributed by atoms with van der Waals surface area (Å²) in [5.41, 5.74) is 0.885. The lowest BCUT2D eigenvalue weighted by Gasteiger charge is -2.02. The zero-order chi connectivity index (χ0) is 13.7. The van der Waals surface area contributed by atoms with E-state index in [9.17, 15) is 8.42 Å². The minimum atomic E-state index is -3.56. The number of ether oxygens (including phenoxy) is 1. The van der Waals surface area contributed by atoms with Crippen molar-refractivity contribution in [3.63, 3.8) is 0 Å². The first-order chi connectivity index (χ1) is 9.15. The van der Waals surface area contributed by atoms with E-state index in [1.807, 2.05) is 6.07 Å². The topological polar surface area (TPSA) is 82.3 Å². The van der Waals surface area contributed by atoms with Crippen molar-refractivity contribution in [3.05, 3.63) is 30.3 Å². The van der Waals surface area contributed by atoms with E-state index in [1.165, 1.54) is 0 Å². The smallest absolute Gasteiger partial charge is 0.227 e. The van der Waals surface area contributed by atoms with Gasteiger partial charge in [0, 0.05) is 12.2 Å².